The van der Waals surface area contributed by atoms with Crippen LogP contribution in [0, 0.1) is 0 Å². The number of benzene rings is 2. The number of hydrogen-bond donors (Lipinski definition) is 0. The molecule has 0 atom stereocenters. The van der Waals surface area contributed by atoms with E-state index in [0.29, 0.717) is 0 Å². The molecule has 0 saturated carbocycles. The molecule has 0 bridgehead atoms. The van der Waals surface area contributed by atoms with Crippen LogP contribution in [0.1, 0.15) is 0 Å². The van der Waals surface area contributed by atoms with Crippen molar-refractivity contribution >= 4 is 72.8 Å². The van der Waals surface area contributed by atoms with Gasteiger partial charge in [0.05, 0.1) is 10.2 Å². The summed E-state index contributed by atoms with van der Waals surface area (Å²) in [5, 5.41) is 3.59. The Kier molecular flexibility index (Phi) is 3.20. The van der Waals surface area contributed by atoms with Crippen LogP contribution in [0.25, 0.3) is 31.1 Å². The summed E-state index contributed by atoms with van der Waals surface area (Å²) in [5.74, 6) is 0.860. The van der Waals surface area contributed by atoms with Gasteiger partial charge in [-0.3, -0.25) is 4.98 Å². The maximum atomic E-state index is 5.46. The first-order valence-electron chi connectivity index (χ1n) is 6.02. The van der Waals surface area contributed by atoms with E-state index in [-0.39, 0.29) is 0 Å². The molecule has 2 nitrogen and oxygen atoms in total. The lowest BCUT2D eigenvalue weighted by molar-refractivity contribution is 0.659. The molecule has 0 saturated heterocycles. The highest BCUT2D eigenvalue weighted by Crippen LogP contribution is 2.37. The van der Waals surface area contributed by atoms with Gasteiger partial charge >= 0.3 is 0 Å². The third-order valence-corrected chi connectivity index (χ3v) is 5.29. The molecule has 2 aromatic carbocycles. The van der Waals surface area contributed by atoms with Crippen LogP contribution in [-0.4, -0.2) is 4.98 Å². The van der Waals surface area contributed by atoms with Crippen molar-refractivity contribution in [3.63, 3.8) is 0 Å². The minimum atomic E-state index is 0.860. The molecule has 0 N–H and O–H groups in total. The van der Waals surface area contributed by atoms with Gasteiger partial charge in [0.2, 0.25) is 0 Å². The normalized spacial score (nSPS) is 11.4. The summed E-state index contributed by atoms with van der Waals surface area (Å²) in [6.07, 6.45) is 1.93. The minimum Gasteiger partial charge on any atom is -0.415 e. The van der Waals surface area contributed by atoms with Gasteiger partial charge in [0.1, 0.15) is 15.0 Å². The molecule has 0 unspecified atom stereocenters. The van der Waals surface area contributed by atoms with Gasteiger partial charge in [-0.2, -0.15) is 0 Å². The van der Waals surface area contributed by atoms with E-state index in [1.54, 1.807) is 11.3 Å². The first kappa shape index (κ1) is 12.7. The largest absolute Gasteiger partial charge is 0.415 e. The Labute approximate surface area is 135 Å². The number of fused-ring (bicyclic) bond motifs is 5. The quantitative estimate of drug-likeness (QED) is 0.300. The van der Waals surface area contributed by atoms with Crippen LogP contribution in [-0.2, 0) is 0 Å². The Hall–Kier alpha value is -1.05. The summed E-state index contributed by atoms with van der Waals surface area (Å²) in [5.41, 5.74) is 1.09. The summed E-state index contributed by atoms with van der Waals surface area (Å²) >= 11 is 3.92. The zero-order chi connectivity index (χ0) is 13.5. The molecule has 0 aliphatic rings. The molecule has 0 fully saturated rings. The van der Waals surface area contributed by atoms with E-state index in [2.05, 4.69) is 56.5 Å². The fourth-order valence-electron chi connectivity index (χ4n) is 2.42. The maximum Gasteiger partial charge on any atom is 0.139 e. The zero-order valence-corrected chi connectivity index (χ0v) is 14.0. The fourth-order valence-corrected chi connectivity index (χ4v) is 4.41. The Morgan fingerprint density at radius 2 is 2.00 bits per heavy atom. The van der Waals surface area contributed by atoms with Crippen molar-refractivity contribution in [2.45, 2.75) is 0 Å². The van der Waals surface area contributed by atoms with Gasteiger partial charge in [0.25, 0.3) is 0 Å². The van der Waals surface area contributed by atoms with Crippen LogP contribution in [0.3, 0.4) is 0 Å². The zero-order valence-electron chi connectivity index (χ0n) is 10.2. The molecule has 98 valence electrons. The van der Waals surface area contributed by atoms with Gasteiger partial charge in [-0.15, -0.1) is 11.3 Å². The molecule has 0 aliphatic carbocycles. The van der Waals surface area contributed by atoms with Gasteiger partial charge < -0.3 is 4.18 Å². The summed E-state index contributed by atoms with van der Waals surface area (Å²) in [4.78, 5) is 4.64. The third-order valence-electron chi connectivity index (χ3n) is 3.30. The predicted octanol–water partition coefficient (Wildman–Crippen LogP) is 5.98. The number of aromatic nitrogens is 1. The van der Waals surface area contributed by atoms with Gasteiger partial charge in [-0.05, 0) is 24.3 Å². The predicted molar refractivity (Wildman–Crippen MR) is 96.9 cm³/mol. The molecule has 0 spiro atoms. The van der Waals surface area contributed by atoms with Crippen LogP contribution < -0.4 is 4.18 Å². The molecule has 5 heteroatoms. The van der Waals surface area contributed by atoms with Gasteiger partial charge in [0, 0.05) is 48.3 Å². The summed E-state index contributed by atoms with van der Waals surface area (Å²) < 4.78 is 7.99. The van der Waals surface area contributed by atoms with Crippen molar-refractivity contribution in [3.8, 4) is 5.75 Å². The number of hydrogen-bond acceptors (Lipinski definition) is 4. The average molecular weight is 409 g/mol. The fraction of sp³-hybridized carbons (Fsp3) is 0. The van der Waals surface area contributed by atoms with Gasteiger partial charge in [-0.1, -0.05) is 18.2 Å². The molecular formula is C15H8INOS2. The van der Waals surface area contributed by atoms with E-state index in [4.69, 9.17) is 4.18 Å². The van der Waals surface area contributed by atoms with Crippen LogP contribution in [0.15, 0.2) is 48.7 Å². The van der Waals surface area contributed by atoms with Crippen LogP contribution >= 0.6 is 41.8 Å². The third kappa shape index (κ3) is 1.96. The Morgan fingerprint density at radius 3 is 2.90 bits per heavy atom. The lowest BCUT2D eigenvalue weighted by Gasteiger charge is -2.03. The number of pyridine rings is 1. The highest BCUT2D eigenvalue weighted by atomic mass is 127. The lowest BCUT2D eigenvalue weighted by atomic mass is 10.1. The van der Waals surface area contributed by atoms with Gasteiger partial charge in [0.15, 0.2) is 0 Å². The van der Waals surface area contributed by atoms with Crippen molar-refractivity contribution in [2.24, 2.45) is 0 Å². The Bertz CT molecular complexity index is 935. The van der Waals surface area contributed by atoms with E-state index in [9.17, 15) is 0 Å². The molecule has 4 rings (SSSR count). The molecule has 0 aliphatic heterocycles. The Balaban J connectivity index is 2.08. The van der Waals surface area contributed by atoms with Crippen molar-refractivity contribution in [3.05, 3.63) is 48.7 Å². The highest BCUT2D eigenvalue weighted by molar-refractivity contribution is 14.2. The second-order valence-electron chi connectivity index (χ2n) is 4.43. The van der Waals surface area contributed by atoms with Gasteiger partial charge in [-0.25, -0.2) is 0 Å². The molecule has 4 aromatic rings. The second-order valence-corrected chi connectivity index (χ2v) is 6.85. The summed E-state index contributed by atoms with van der Waals surface area (Å²) in [6, 6.07) is 14.6. The number of halogens is 1. The van der Waals surface area contributed by atoms with Crippen LogP contribution in [0.2, 0.25) is 0 Å². The molecule has 0 radical (unpaired) electrons. The number of thiophene rings is 1. The van der Waals surface area contributed by atoms with E-state index in [1.807, 2.05) is 18.3 Å². The molecular weight excluding hydrogens is 401 g/mol. The topological polar surface area (TPSA) is 22.1 Å². The Morgan fingerprint density at radius 1 is 1.10 bits per heavy atom. The highest BCUT2D eigenvalue weighted by Gasteiger charge is 2.09. The van der Waals surface area contributed by atoms with Crippen molar-refractivity contribution in [1.82, 2.24) is 4.98 Å². The molecule has 20 heavy (non-hydrogen) atoms. The van der Waals surface area contributed by atoms with Crippen LogP contribution in [0.4, 0.5) is 0 Å². The molecule has 2 heterocycles. The SMILES string of the molecule is ISOc1ccc2c(cnc3c4ccccc4sc23)c1. The van der Waals surface area contributed by atoms with Crippen molar-refractivity contribution < 1.29 is 4.18 Å². The number of rotatable bonds is 2. The first-order valence-corrected chi connectivity index (χ1v) is 10.1. The summed E-state index contributed by atoms with van der Waals surface area (Å²) in [6.45, 7) is 0. The minimum absolute atomic E-state index is 0.860. The maximum absolute atomic E-state index is 5.46. The smallest absolute Gasteiger partial charge is 0.139 e. The lowest BCUT2D eigenvalue weighted by Crippen LogP contribution is -1.81. The second kappa shape index (κ2) is 5.05. The standard InChI is InChI=1S/C15H8INOS2/c16-20-18-10-5-6-11-9(7-10)8-17-14-12-3-1-2-4-13(12)19-15(11)14/h1-8H. The number of nitrogens with zero attached hydrogens (tertiary/aromatic N) is 1. The van der Waals surface area contributed by atoms with E-state index in [1.165, 1.54) is 29.4 Å². The molecule has 0 amide bonds. The molecule has 2 aromatic heterocycles. The monoisotopic (exact) mass is 409 g/mol. The van der Waals surface area contributed by atoms with Crippen molar-refractivity contribution in [1.29, 1.82) is 0 Å². The van der Waals surface area contributed by atoms with E-state index >= 15 is 0 Å². The van der Waals surface area contributed by atoms with E-state index in [0.717, 1.165) is 16.7 Å². The van der Waals surface area contributed by atoms with E-state index < -0.39 is 0 Å². The van der Waals surface area contributed by atoms with Crippen molar-refractivity contribution in [2.75, 3.05) is 0 Å². The average Bonchev–Trinajstić information content (AvgIpc) is 2.86. The van der Waals surface area contributed by atoms with Crippen LogP contribution in [0.5, 0.6) is 5.75 Å². The summed E-state index contributed by atoms with van der Waals surface area (Å²) in [7, 11) is 1.32. The first-order chi connectivity index (χ1) is 9.86.